The first-order valence-corrected chi connectivity index (χ1v) is 23.5. The molecule has 6 nitrogen and oxygen atoms in total. The number of hydrogen-bond acceptors (Lipinski definition) is 4. The normalized spacial score (nSPS) is 11.1. The van der Waals surface area contributed by atoms with Gasteiger partial charge in [0.2, 0.25) is 11.8 Å². The highest BCUT2D eigenvalue weighted by Crippen LogP contribution is 2.35. The predicted octanol–water partition coefficient (Wildman–Crippen LogP) is 15.8. The zero-order chi connectivity index (χ0) is 40.3. The second-order valence-corrected chi connectivity index (χ2v) is 16.3. The molecule has 0 bridgehead atoms. The standard InChI is InChI=1S/C50H84N2O4/c1-5-7-9-11-13-15-17-19-21-23-25-27-29-31-33-35-49(53)51-45-39-37-43(41-47(45)55-3)44-38-40-46(48(42-44)56-4)52-50(54)36-34-32-30-28-26-24-22-20-18-16-14-12-10-8-6-2/h37-42H,5-36H2,1-4H3,(H,51,53)(H,52,54). The van der Waals surface area contributed by atoms with Crippen LogP contribution in [0.3, 0.4) is 0 Å². The molecule has 6 heteroatoms. The molecular formula is C50H84N2O4. The van der Waals surface area contributed by atoms with Gasteiger partial charge in [0.15, 0.2) is 0 Å². The largest absolute Gasteiger partial charge is 0.495 e. The first-order valence-electron chi connectivity index (χ1n) is 23.5. The Morgan fingerprint density at radius 3 is 0.893 bits per heavy atom. The Kier molecular flexibility index (Phi) is 29.9. The average Bonchev–Trinajstić information content (AvgIpc) is 3.21. The van der Waals surface area contributed by atoms with Crippen LogP contribution in [0.4, 0.5) is 11.4 Å². The predicted molar refractivity (Wildman–Crippen MR) is 241 cm³/mol. The summed E-state index contributed by atoms with van der Waals surface area (Å²) in [5.41, 5.74) is 3.24. The van der Waals surface area contributed by atoms with Crippen LogP contribution in [0, 0.1) is 0 Å². The van der Waals surface area contributed by atoms with Crippen molar-refractivity contribution in [2.75, 3.05) is 24.9 Å². The SMILES string of the molecule is CCCCCCCCCCCCCCCCCC(=O)Nc1ccc(-c2ccc(NC(=O)CCCCCCCCCCCCCCCCC)c(OC)c2)cc1OC. The lowest BCUT2D eigenvalue weighted by Gasteiger charge is -2.14. The highest BCUT2D eigenvalue weighted by molar-refractivity contribution is 5.94. The van der Waals surface area contributed by atoms with E-state index in [9.17, 15) is 9.59 Å². The molecule has 2 aromatic rings. The van der Waals surface area contributed by atoms with Gasteiger partial charge in [-0.15, -0.1) is 0 Å². The van der Waals surface area contributed by atoms with E-state index in [-0.39, 0.29) is 11.8 Å². The van der Waals surface area contributed by atoms with E-state index in [1.165, 1.54) is 167 Å². The Bertz CT molecular complexity index is 1180. The summed E-state index contributed by atoms with van der Waals surface area (Å²) in [4.78, 5) is 25.5. The topological polar surface area (TPSA) is 76.7 Å². The third-order valence-electron chi connectivity index (χ3n) is 11.3. The molecule has 0 fully saturated rings. The van der Waals surface area contributed by atoms with Gasteiger partial charge >= 0.3 is 0 Å². The fourth-order valence-electron chi connectivity index (χ4n) is 7.69. The highest BCUT2D eigenvalue weighted by atomic mass is 16.5. The maximum absolute atomic E-state index is 12.8. The minimum atomic E-state index is 0.0249. The van der Waals surface area contributed by atoms with Gasteiger partial charge in [0.05, 0.1) is 25.6 Å². The smallest absolute Gasteiger partial charge is 0.224 e. The molecule has 0 unspecified atom stereocenters. The highest BCUT2D eigenvalue weighted by Gasteiger charge is 2.13. The molecule has 0 spiro atoms. The number of unbranched alkanes of at least 4 members (excludes halogenated alkanes) is 28. The van der Waals surface area contributed by atoms with Gasteiger partial charge in [-0.3, -0.25) is 9.59 Å². The van der Waals surface area contributed by atoms with Crippen molar-refractivity contribution >= 4 is 23.2 Å². The second kappa shape index (κ2) is 34.1. The molecular weight excluding hydrogens is 693 g/mol. The molecule has 2 N–H and O–H groups in total. The van der Waals surface area contributed by atoms with E-state index in [2.05, 4.69) is 24.5 Å². The number of benzene rings is 2. The van der Waals surface area contributed by atoms with Crippen LogP contribution in [0.1, 0.15) is 219 Å². The van der Waals surface area contributed by atoms with Crippen molar-refractivity contribution in [2.24, 2.45) is 0 Å². The van der Waals surface area contributed by atoms with Crippen molar-refractivity contribution in [3.05, 3.63) is 36.4 Å². The number of nitrogens with one attached hydrogen (secondary N) is 2. The van der Waals surface area contributed by atoms with Crippen LogP contribution in [-0.2, 0) is 9.59 Å². The van der Waals surface area contributed by atoms with Crippen LogP contribution in [0.2, 0.25) is 0 Å². The summed E-state index contributed by atoms with van der Waals surface area (Å²) in [5.74, 6) is 1.29. The molecule has 0 aliphatic carbocycles. The number of carbonyl (C=O) groups excluding carboxylic acids is 2. The summed E-state index contributed by atoms with van der Waals surface area (Å²) < 4.78 is 11.3. The monoisotopic (exact) mass is 777 g/mol. The molecule has 0 radical (unpaired) electrons. The number of amides is 2. The van der Waals surface area contributed by atoms with Crippen molar-refractivity contribution < 1.29 is 19.1 Å². The molecule has 0 aliphatic rings. The van der Waals surface area contributed by atoms with Gasteiger partial charge in [0, 0.05) is 12.8 Å². The zero-order valence-electron chi connectivity index (χ0n) is 36.7. The van der Waals surface area contributed by atoms with Crippen LogP contribution in [0.5, 0.6) is 11.5 Å². The van der Waals surface area contributed by atoms with Gasteiger partial charge in [-0.05, 0) is 48.2 Å². The number of carbonyl (C=O) groups is 2. The van der Waals surface area contributed by atoms with E-state index in [1.54, 1.807) is 14.2 Å². The maximum atomic E-state index is 12.8. The maximum Gasteiger partial charge on any atom is 0.224 e. The lowest BCUT2D eigenvalue weighted by Crippen LogP contribution is -2.12. The van der Waals surface area contributed by atoms with Gasteiger partial charge in [-0.1, -0.05) is 206 Å². The lowest BCUT2D eigenvalue weighted by molar-refractivity contribution is -0.117. The quantitative estimate of drug-likeness (QED) is 0.0670. The van der Waals surface area contributed by atoms with Crippen molar-refractivity contribution in [1.82, 2.24) is 0 Å². The van der Waals surface area contributed by atoms with Crippen LogP contribution in [0.25, 0.3) is 11.1 Å². The van der Waals surface area contributed by atoms with Gasteiger partial charge in [0.1, 0.15) is 11.5 Å². The number of rotatable bonds is 37. The minimum absolute atomic E-state index is 0.0249. The van der Waals surface area contributed by atoms with Crippen LogP contribution >= 0.6 is 0 Å². The Morgan fingerprint density at radius 2 is 0.643 bits per heavy atom. The van der Waals surface area contributed by atoms with Crippen molar-refractivity contribution in [2.45, 2.75) is 219 Å². The summed E-state index contributed by atoms with van der Waals surface area (Å²) in [7, 11) is 3.25. The van der Waals surface area contributed by atoms with Crippen LogP contribution in [0.15, 0.2) is 36.4 Å². The average molecular weight is 777 g/mol. The molecule has 0 heterocycles. The summed E-state index contributed by atoms with van der Waals surface area (Å²) in [6.45, 7) is 4.56. The molecule has 318 valence electrons. The molecule has 0 aliphatic heterocycles. The Hall–Kier alpha value is -3.02. The molecule has 2 rings (SSSR count). The lowest BCUT2D eigenvalue weighted by atomic mass is 10.0. The third-order valence-corrected chi connectivity index (χ3v) is 11.3. The van der Waals surface area contributed by atoms with Gasteiger partial charge in [-0.25, -0.2) is 0 Å². The molecule has 0 atom stereocenters. The summed E-state index contributed by atoms with van der Waals surface area (Å²) >= 11 is 0. The number of ether oxygens (including phenoxy) is 2. The molecule has 56 heavy (non-hydrogen) atoms. The van der Waals surface area contributed by atoms with E-state index in [1.807, 2.05) is 36.4 Å². The second-order valence-electron chi connectivity index (χ2n) is 16.3. The first-order chi connectivity index (χ1) is 27.5. The Morgan fingerprint density at radius 1 is 0.393 bits per heavy atom. The van der Waals surface area contributed by atoms with Crippen molar-refractivity contribution in [1.29, 1.82) is 0 Å². The number of anilines is 2. The Labute approximate surface area is 344 Å². The molecule has 0 aromatic heterocycles. The van der Waals surface area contributed by atoms with Crippen LogP contribution in [-0.4, -0.2) is 26.0 Å². The van der Waals surface area contributed by atoms with Gasteiger partial charge < -0.3 is 20.1 Å². The summed E-state index contributed by atoms with van der Waals surface area (Å²) in [5, 5.41) is 6.11. The van der Waals surface area contributed by atoms with E-state index in [4.69, 9.17) is 9.47 Å². The fraction of sp³-hybridized carbons (Fsp3) is 0.720. The molecule has 0 saturated heterocycles. The van der Waals surface area contributed by atoms with Gasteiger partial charge in [0.25, 0.3) is 0 Å². The van der Waals surface area contributed by atoms with Crippen molar-refractivity contribution in [3.8, 4) is 22.6 Å². The van der Waals surface area contributed by atoms with E-state index >= 15 is 0 Å². The van der Waals surface area contributed by atoms with Crippen molar-refractivity contribution in [3.63, 3.8) is 0 Å². The van der Waals surface area contributed by atoms with E-state index in [0.29, 0.717) is 35.7 Å². The van der Waals surface area contributed by atoms with Gasteiger partial charge in [-0.2, -0.15) is 0 Å². The zero-order valence-corrected chi connectivity index (χ0v) is 36.7. The molecule has 0 saturated carbocycles. The summed E-state index contributed by atoms with van der Waals surface area (Å²) in [6, 6.07) is 11.6. The number of hydrogen-bond donors (Lipinski definition) is 2. The molecule has 2 aromatic carbocycles. The molecule has 2 amide bonds. The van der Waals surface area contributed by atoms with E-state index < -0.39 is 0 Å². The minimum Gasteiger partial charge on any atom is -0.495 e. The summed E-state index contributed by atoms with van der Waals surface area (Å²) in [6.07, 6.45) is 40.4. The number of methoxy groups -OCH3 is 2. The van der Waals surface area contributed by atoms with Crippen LogP contribution < -0.4 is 20.1 Å². The first kappa shape index (κ1) is 49.1. The fourth-order valence-corrected chi connectivity index (χ4v) is 7.69. The third kappa shape index (κ3) is 23.9. The Balaban J connectivity index is 1.62. The van der Waals surface area contributed by atoms with E-state index in [0.717, 1.165) is 36.8 Å².